The van der Waals surface area contributed by atoms with Crippen LogP contribution in [-0.2, 0) is 15.3 Å². The first-order valence-electron chi connectivity index (χ1n) is 9.43. The number of hydrogen-bond acceptors (Lipinski definition) is 6. The van der Waals surface area contributed by atoms with Crippen LogP contribution >= 0.6 is 24.2 Å². The quantitative estimate of drug-likeness (QED) is 0.620. The maximum absolute atomic E-state index is 12.4. The first-order valence-corrected chi connectivity index (χ1v) is 10.6. The fraction of sp³-hybridized carbons (Fsp3) is 0.500. The summed E-state index contributed by atoms with van der Waals surface area (Å²) in [4.78, 5) is 18.8. The van der Waals surface area contributed by atoms with Crippen LogP contribution in [0.1, 0.15) is 25.0 Å². The maximum Gasteiger partial charge on any atom is 0.232 e. The minimum absolute atomic E-state index is 0. The number of thioether (sulfide) groups is 1. The van der Waals surface area contributed by atoms with E-state index in [4.69, 9.17) is 14.9 Å². The number of halogens is 1. The summed E-state index contributed by atoms with van der Waals surface area (Å²) < 4.78 is 11.3. The van der Waals surface area contributed by atoms with Crippen molar-refractivity contribution in [1.29, 1.82) is 0 Å². The van der Waals surface area contributed by atoms with Crippen molar-refractivity contribution >= 4 is 30.1 Å². The molecule has 1 aromatic heterocycles. The molecule has 6 nitrogen and oxygen atoms in total. The zero-order valence-electron chi connectivity index (χ0n) is 15.9. The van der Waals surface area contributed by atoms with Crippen molar-refractivity contribution in [2.75, 3.05) is 32.0 Å². The summed E-state index contributed by atoms with van der Waals surface area (Å²) >= 11 is 1.58. The van der Waals surface area contributed by atoms with E-state index in [2.05, 4.69) is 4.98 Å². The van der Waals surface area contributed by atoms with E-state index in [1.807, 2.05) is 35.2 Å². The van der Waals surface area contributed by atoms with E-state index in [1.54, 1.807) is 18.0 Å². The predicted octanol–water partition coefficient (Wildman–Crippen LogP) is 3.35. The van der Waals surface area contributed by atoms with Gasteiger partial charge in [0.05, 0.1) is 17.6 Å². The van der Waals surface area contributed by atoms with E-state index in [1.165, 1.54) is 0 Å². The molecule has 0 unspecified atom stereocenters. The molecule has 1 amide bonds. The highest BCUT2D eigenvalue weighted by Gasteiger charge is 2.23. The summed E-state index contributed by atoms with van der Waals surface area (Å²) in [6.07, 6.45) is 4.64. The second kappa shape index (κ2) is 12.1. The van der Waals surface area contributed by atoms with E-state index < -0.39 is 0 Å². The van der Waals surface area contributed by atoms with Crippen LogP contribution < -0.4 is 5.73 Å². The number of nitrogens with two attached hydrogens (primary N) is 1. The van der Waals surface area contributed by atoms with Gasteiger partial charge in [-0.2, -0.15) is 0 Å². The van der Waals surface area contributed by atoms with Gasteiger partial charge < -0.3 is 19.8 Å². The number of nitrogens with zero attached hydrogens (tertiary/aromatic N) is 2. The predicted molar refractivity (Wildman–Crippen MR) is 115 cm³/mol. The summed E-state index contributed by atoms with van der Waals surface area (Å²) in [5.41, 5.74) is 7.30. The number of rotatable bonds is 9. The minimum atomic E-state index is 0. The Morgan fingerprint density at radius 2 is 2.04 bits per heavy atom. The number of carbonyl (C=O) groups is 1. The Hall–Kier alpha value is -1.54. The van der Waals surface area contributed by atoms with Gasteiger partial charge in [0, 0.05) is 31.0 Å². The van der Waals surface area contributed by atoms with Gasteiger partial charge in [-0.15, -0.1) is 24.2 Å². The standard InChI is InChI=1S/C20H27N3O3S.ClH/c21-9-4-12-25-18-7-10-23(11-8-18)19(24)15-27-14-17-13-26-20(22-17)16-5-2-1-3-6-16;/h1-3,5-6,13,18H,4,7-12,14-15,21H2;1H. The number of piperidine rings is 1. The van der Waals surface area contributed by atoms with Crippen molar-refractivity contribution in [1.82, 2.24) is 9.88 Å². The molecule has 2 N–H and O–H groups in total. The Labute approximate surface area is 176 Å². The van der Waals surface area contributed by atoms with E-state index in [9.17, 15) is 4.79 Å². The molecule has 8 heteroatoms. The van der Waals surface area contributed by atoms with Gasteiger partial charge in [-0.3, -0.25) is 4.79 Å². The van der Waals surface area contributed by atoms with Gasteiger partial charge in [-0.25, -0.2) is 4.98 Å². The molecular formula is C20H28ClN3O3S. The second-order valence-electron chi connectivity index (χ2n) is 6.60. The summed E-state index contributed by atoms with van der Waals surface area (Å²) in [7, 11) is 0. The van der Waals surface area contributed by atoms with Gasteiger partial charge in [0.2, 0.25) is 11.8 Å². The van der Waals surface area contributed by atoms with Crippen LogP contribution in [0.25, 0.3) is 11.5 Å². The van der Waals surface area contributed by atoms with Crippen molar-refractivity contribution in [3.8, 4) is 11.5 Å². The number of hydrogen-bond donors (Lipinski definition) is 1. The topological polar surface area (TPSA) is 81.6 Å². The fourth-order valence-electron chi connectivity index (χ4n) is 3.03. The molecular weight excluding hydrogens is 398 g/mol. The van der Waals surface area contributed by atoms with Crippen LogP contribution in [0, 0.1) is 0 Å². The molecule has 0 radical (unpaired) electrons. The number of amides is 1. The summed E-state index contributed by atoms with van der Waals surface area (Å²) in [5, 5.41) is 0. The molecule has 1 fully saturated rings. The fourth-order valence-corrected chi connectivity index (χ4v) is 3.83. The first kappa shape index (κ1) is 22.7. The highest BCUT2D eigenvalue weighted by atomic mass is 35.5. The third-order valence-electron chi connectivity index (χ3n) is 4.54. The van der Waals surface area contributed by atoms with Gasteiger partial charge >= 0.3 is 0 Å². The van der Waals surface area contributed by atoms with Gasteiger partial charge in [0.1, 0.15) is 6.26 Å². The van der Waals surface area contributed by atoms with Gasteiger partial charge in [0.25, 0.3) is 0 Å². The highest BCUT2D eigenvalue weighted by Crippen LogP contribution is 2.21. The number of likely N-dealkylation sites (tertiary alicyclic amines) is 1. The lowest BCUT2D eigenvalue weighted by atomic mass is 10.1. The Morgan fingerprint density at radius 3 is 2.75 bits per heavy atom. The number of oxazole rings is 1. The zero-order valence-corrected chi connectivity index (χ0v) is 17.6. The Bertz CT molecular complexity index is 706. The van der Waals surface area contributed by atoms with Crippen LogP contribution in [0.4, 0.5) is 0 Å². The zero-order chi connectivity index (χ0) is 18.9. The Morgan fingerprint density at radius 1 is 1.29 bits per heavy atom. The van der Waals surface area contributed by atoms with Crippen molar-refractivity contribution < 1.29 is 13.9 Å². The lowest BCUT2D eigenvalue weighted by molar-refractivity contribution is -0.130. The van der Waals surface area contributed by atoms with Crippen LogP contribution in [0.3, 0.4) is 0 Å². The lowest BCUT2D eigenvalue weighted by Crippen LogP contribution is -2.41. The summed E-state index contributed by atoms with van der Waals surface area (Å²) in [6, 6.07) is 9.81. The number of benzene rings is 1. The molecule has 0 spiro atoms. The summed E-state index contributed by atoms with van der Waals surface area (Å²) in [6.45, 7) is 2.92. The van der Waals surface area contributed by atoms with E-state index in [-0.39, 0.29) is 24.4 Å². The smallest absolute Gasteiger partial charge is 0.232 e. The molecule has 0 aliphatic carbocycles. The molecule has 28 heavy (non-hydrogen) atoms. The van der Waals surface area contributed by atoms with Crippen molar-refractivity contribution in [2.24, 2.45) is 5.73 Å². The van der Waals surface area contributed by atoms with E-state index in [0.29, 0.717) is 30.5 Å². The molecule has 2 heterocycles. The van der Waals surface area contributed by atoms with Gasteiger partial charge in [0.15, 0.2) is 0 Å². The molecule has 1 aromatic carbocycles. The minimum Gasteiger partial charge on any atom is -0.444 e. The summed E-state index contributed by atoms with van der Waals surface area (Å²) in [5.74, 6) is 1.94. The lowest BCUT2D eigenvalue weighted by Gasteiger charge is -2.32. The van der Waals surface area contributed by atoms with Crippen molar-refractivity contribution in [3.63, 3.8) is 0 Å². The van der Waals surface area contributed by atoms with Crippen LogP contribution in [-0.4, -0.2) is 53.9 Å². The average molecular weight is 426 g/mol. The number of carbonyl (C=O) groups excluding carboxylic acids is 1. The molecule has 0 bridgehead atoms. The molecule has 2 aromatic rings. The number of aromatic nitrogens is 1. The molecule has 3 rings (SSSR count). The Balaban J connectivity index is 0.00000280. The third kappa shape index (κ3) is 6.81. The van der Waals surface area contributed by atoms with Crippen LogP contribution in [0.5, 0.6) is 0 Å². The second-order valence-corrected chi connectivity index (χ2v) is 7.58. The van der Waals surface area contributed by atoms with E-state index >= 15 is 0 Å². The normalized spacial score (nSPS) is 14.7. The molecule has 1 aliphatic heterocycles. The SMILES string of the molecule is Cl.NCCCOC1CCN(C(=O)CSCc2coc(-c3ccccc3)n2)CC1. The van der Waals surface area contributed by atoms with Gasteiger partial charge in [-0.05, 0) is 37.9 Å². The Kier molecular flexibility index (Phi) is 9.84. The maximum atomic E-state index is 12.4. The third-order valence-corrected chi connectivity index (χ3v) is 5.50. The highest BCUT2D eigenvalue weighted by molar-refractivity contribution is 7.99. The van der Waals surface area contributed by atoms with Crippen LogP contribution in [0.15, 0.2) is 41.0 Å². The largest absolute Gasteiger partial charge is 0.444 e. The average Bonchev–Trinajstić information content (AvgIpc) is 3.18. The molecule has 0 saturated carbocycles. The first-order chi connectivity index (χ1) is 13.3. The molecule has 154 valence electrons. The van der Waals surface area contributed by atoms with Crippen LogP contribution in [0.2, 0.25) is 0 Å². The monoisotopic (exact) mass is 425 g/mol. The van der Waals surface area contributed by atoms with E-state index in [0.717, 1.165) is 43.6 Å². The van der Waals surface area contributed by atoms with Gasteiger partial charge in [-0.1, -0.05) is 18.2 Å². The molecule has 1 aliphatic rings. The number of ether oxygens (including phenoxy) is 1. The van der Waals surface area contributed by atoms with Crippen molar-refractivity contribution in [3.05, 3.63) is 42.3 Å². The van der Waals surface area contributed by atoms with Crippen molar-refractivity contribution in [2.45, 2.75) is 31.1 Å². The molecule has 0 atom stereocenters. The molecule has 1 saturated heterocycles.